The van der Waals surface area contributed by atoms with E-state index >= 15 is 0 Å². The van der Waals surface area contributed by atoms with E-state index in [1.807, 2.05) is 206 Å². The summed E-state index contributed by atoms with van der Waals surface area (Å²) in [7, 11) is 12.8. The van der Waals surface area contributed by atoms with Crippen molar-refractivity contribution in [3.63, 3.8) is 0 Å². The monoisotopic (exact) mass is 2020 g/mol. The zero-order chi connectivity index (χ0) is 101. The standard InChI is InChI=1S/C123H111BrO22/c1-129-51-52-137-80-142-112-50-49-104(143-120(125)85-41-25-13-26-42-85)60-89(112)53-90-61-105(138-76-81-33-17-9-18-34-81)62-91(113(90)130-2)54-97-68-109(144-121(126)86-43-27-14-28-44-86)69-98(116(97)133-5)55-92-63-106(139-77-82-35-19-10-20-36-82)64-93(114(92)131-3)56-99-70-110(145-122(127)87-45-29-15-30-46-87)71-100(117(99)134-6)57-94-65-107(140-78-83-37-21-11-22-38-83)66-95(115(94)132-4)58-101-72-111(146-123(128)88-47-31-16-32-48-88)73-102(118(101)135-7)59-96-67-108(74-103(75-124)119(96)136-8)141-79-84-39-23-12-24-40-84/h9-50,60-74H,51-59,75-80H2,1-8H3. The summed E-state index contributed by atoms with van der Waals surface area (Å²) in [6.45, 7) is 1.38. The van der Waals surface area contributed by atoms with Crippen LogP contribution in [0.1, 0.15) is 147 Å². The molecular formula is C123H111BrO22. The predicted octanol–water partition coefficient (Wildman–Crippen LogP) is 25.0. The molecule has 0 aliphatic rings. The van der Waals surface area contributed by atoms with Gasteiger partial charge in [0.1, 0.15) is 118 Å². The zero-order valence-corrected chi connectivity index (χ0v) is 84.0. The maximum absolute atomic E-state index is 14.7. The fourth-order valence-electron chi connectivity index (χ4n) is 17.8. The van der Waals surface area contributed by atoms with Crippen LogP contribution in [0.5, 0.6) is 92.0 Å². The number of ether oxygens (including phenoxy) is 18. The molecule has 0 saturated heterocycles. The van der Waals surface area contributed by atoms with E-state index in [0.717, 1.165) is 33.4 Å². The molecule has 0 N–H and O–H groups in total. The molecule has 16 aromatic rings. The maximum atomic E-state index is 14.7. The molecule has 23 heteroatoms. The first-order valence-electron chi connectivity index (χ1n) is 47.6. The molecule has 742 valence electrons. The summed E-state index contributed by atoms with van der Waals surface area (Å²) in [5.41, 5.74) is 14.8. The third kappa shape index (κ3) is 26.8. The minimum absolute atomic E-state index is 0.0661. The van der Waals surface area contributed by atoms with E-state index in [9.17, 15) is 19.2 Å². The highest BCUT2D eigenvalue weighted by molar-refractivity contribution is 9.08. The number of rotatable bonds is 48. The molecule has 0 aromatic heterocycles. The van der Waals surface area contributed by atoms with Crippen molar-refractivity contribution in [2.45, 2.75) is 76.7 Å². The van der Waals surface area contributed by atoms with Crippen LogP contribution >= 0.6 is 15.9 Å². The van der Waals surface area contributed by atoms with Gasteiger partial charge < -0.3 is 85.3 Å². The number of hydrogen-bond donors (Lipinski definition) is 0. The Kier molecular flexibility index (Phi) is 35.7. The van der Waals surface area contributed by atoms with Crippen molar-refractivity contribution in [3.8, 4) is 92.0 Å². The van der Waals surface area contributed by atoms with Crippen LogP contribution in [0.15, 0.2) is 346 Å². The molecule has 0 saturated carbocycles. The first kappa shape index (κ1) is 102. The van der Waals surface area contributed by atoms with Crippen molar-refractivity contribution in [3.05, 3.63) is 474 Å². The average molecular weight is 2020 g/mol. The van der Waals surface area contributed by atoms with Gasteiger partial charge in [-0.2, -0.15) is 0 Å². The Morgan fingerprint density at radius 3 is 0.651 bits per heavy atom. The molecule has 0 spiro atoms. The Morgan fingerprint density at radius 1 is 0.212 bits per heavy atom. The molecule has 16 rings (SSSR count). The molecule has 0 heterocycles. The number of carbonyl (C=O) groups is 4. The molecule has 0 atom stereocenters. The SMILES string of the molecule is COCCOCOc1ccc(OC(=O)c2ccccc2)cc1Cc1cc(OCc2ccccc2)cc(Cc2cc(OC(=O)c3ccccc3)cc(Cc3cc(OCc4ccccc4)cc(Cc4cc(OC(=O)c5ccccc5)cc(Cc5cc(OCc6ccccc6)cc(Cc6cc(OC(=O)c7ccccc7)cc(Cc7cc(OCc8ccccc8)cc(CBr)c7OC)c6OC)c5OC)c4OC)c3OC)c2OC)c1OC. The lowest BCUT2D eigenvalue weighted by molar-refractivity contribution is -0.00886. The summed E-state index contributed by atoms with van der Waals surface area (Å²) in [5, 5.41) is 0.451. The lowest BCUT2D eigenvalue weighted by Gasteiger charge is -2.22. The Morgan fingerprint density at radius 2 is 0.418 bits per heavy atom. The first-order chi connectivity index (χ1) is 71.5. The van der Waals surface area contributed by atoms with Gasteiger partial charge in [0.05, 0.1) is 85.2 Å². The second-order valence-corrected chi connectivity index (χ2v) is 34.9. The Balaban J connectivity index is 0.819. The number of benzene rings is 16. The topological polar surface area (TPSA) is 234 Å². The molecular weight excluding hydrogens is 1910 g/mol. The van der Waals surface area contributed by atoms with Crippen molar-refractivity contribution in [2.75, 3.05) is 76.9 Å². The number of halogens is 1. The normalized spacial score (nSPS) is 10.9. The lowest BCUT2D eigenvalue weighted by Crippen LogP contribution is -2.11. The smallest absolute Gasteiger partial charge is 0.343 e. The highest BCUT2D eigenvalue weighted by Crippen LogP contribution is 2.47. The third-order valence-corrected chi connectivity index (χ3v) is 25.0. The van der Waals surface area contributed by atoms with Crippen molar-refractivity contribution in [1.82, 2.24) is 0 Å². The Bertz CT molecular complexity index is 7120. The molecule has 0 bridgehead atoms. The van der Waals surface area contributed by atoms with Crippen LogP contribution in [0.4, 0.5) is 0 Å². The van der Waals surface area contributed by atoms with Gasteiger partial charge in [0, 0.05) is 141 Å². The van der Waals surface area contributed by atoms with Gasteiger partial charge >= 0.3 is 23.9 Å². The van der Waals surface area contributed by atoms with Gasteiger partial charge in [0.15, 0.2) is 6.79 Å². The summed E-state index contributed by atoms with van der Waals surface area (Å²) in [5.74, 6) is 4.44. The van der Waals surface area contributed by atoms with Gasteiger partial charge in [-0.05, 0) is 174 Å². The van der Waals surface area contributed by atoms with Crippen LogP contribution in [-0.2, 0) is 86.2 Å². The summed E-state index contributed by atoms with van der Waals surface area (Å²) in [6, 6.07) is 106. The van der Waals surface area contributed by atoms with Gasteiger partial charge in [-0.25, -0.2) is 19.2 Å². The van der Waals surface area contributed by atoms with Crippen LogP contribution in [0.3, 0.4) is 0 Å². The second kappa shape index (κ2) is 50.9. The second-order valence-electron chi connectivity index (χ2n) is 34.3. The fourth-order valence-corrected chi connectivity index (χ4v) is 18.2. The van der Waals surface area contributed by atoms with Crippen molar-refractivity contribution in [1.29, 1.82) is 0 Å². The Hall–Kier alpha value is -16.6. The third-order valence-electron chi connectivity index (χ3n) is 24.4. The zero-order valence-electron chi connectivity index (χ0n) is 82.4. The summed E-state index contributed by atoms with van der Waals surface area (Å²) in [4.78, 5) is 57.4. The van der Waals surface area contributed by atoms with E-state index in [2.05, 4.69) is 15.9 Å². The molecule has 0 unspecified atom stereocenters. The molecule has 0 amide bonds. The minimum atomic E-state index is -0.615. The van der Waals surface area contributed by atoms with Gasteiger partial charge in [-0.3, -0.25) is 0 Å². The maximum Gasteiger partial charge on any atom is 0.343 e. The molecule has 16 aromatic carbocycles. The predicted molar refractivity (Wildman–Crippen MR) is 562 cm³/mol. The van der Waals surface area contributed by atoms with Gasteiger partial charge in [0.25, 0.3) is 0 Å². The van der Waals surface area contributed by atoms with Crippen LogP contribution in [-0.4, -0.2) is 101 Å². The number of methoxy groups -OCH3 is 8. The number of carbonyl (C=O) groups excluding carboxylic acids is 4. The summed E-state index contributed by atoms with van der Waals surface area (Å²) < 4.78 is 116. The minimum Gasteiger partial charge on any atom is -0.496 e. The fraction of sp³-hybridized carbons (Fsp3) is 0.187. The van der Waals surface area contributed by atoms with Crippen molar-refractivity contribution < 1.29 is 104 Å². The molecule has 0 aliphatic carbocycles. The van der Waals surface area contributed by atoms with Crippen molar-refractivity contribution >= 4 is 39.8 Å². The van der Waals surface area contributed by atoms with E-state index in [4.69, 9.17) is 85.3 Å². The lowest BCUT2D eigenvalue weighted by atomic mass is 9.91. The quantitative estimate of drug-likeness (QED) is 0.0113. The highest BCUT2D eigenvalue weighted by atomic mass is 79.9. The molecule has 0 aliphatic heterocycles. The molecule has 0 fully saturated rings. The molecule has 146 heavy (non-hydrogen) atoms. The number of alkyl halides is 1. The summed E-state index contributed by atoms with van der Waals surface area (Å²) >= 11 is 3.73. The van der Waals surface area contributed by atoms with E-state index in [-0.39, 0.29) is 101 Å². The highest BCUT2D eigenvalue weighted by Gasteiger charge is 2.30. The van der Waals surface area contributed by atoms with Crippen LogP contribution in [0.2, 0.25) is 0 Å². The largest absolute Gasteiger partial charge is 0.496 e. The van der Waals surface area contributed by atoms with Crippen LogP contribution in [0, 0.1) is 0 Å². The van der Waals surface area contributed by atoms with Gasteiger partial charge in [-0.15, -0.1) is 0 Å². The summed E-state index contributed by atoms with van der Waals surface area (Å²) in [6.07, 6.45) is 0.837. The number of esters is 4. The molecule has 22 nitrogen and oxygen atoms in total. The Labute approximate surface area is 858 Å². The van der Waals surface area contributed by atoms with Gasteiger partial charge in [-0.1, -0.05) is 210 Å². The average Bonchev–Trinajstić information content (AvgIpc) is 0.780. The van der Waals surface area contributed by atoms with E-state index < -0.39 is 23.9 Å². The van der Waals surface area contributed by atoms with E-state index in [1.165, 1.54) is 0 Å². The van der Waals surface area contributed by atoms with Crippen LogP contribution < -0.4 is 75.8 Å². The number of hydrogen-bond acceptors (Lipinski definition) is 22. The van der Waals surface area contributed by atoms with Gasteiger partial charge in [0.2, 0.25) is 0 Å². The van der Waals surface area contributed by atoms with E-state index in [1.54, 1.807) is 196 Å². The first-order valence-corrected chi connectivity index (χ1v) is 48.7. The van der Waals surface area contributed by atoms with E-state index in [0.29, 0.717) is 182 Å². The van der Waals surface area contributed by atoms with Crippen molar-refractivity contribution in [2.24, 2.45) is 0 Å². The molecule has 0 radical (unpaired) electrons. The van der Waals surface area contributed by atoms with Crippen LogP contribution in [0.25, 0.3) is 0 Å².